The Morgan fingerprint density at radius 2 is 1.65 bits per heavy atom. The Hall–Kier alpha value is -2.93. The van der Waals surface area contributed by atoms with Gasteiger partial charge in [0, 0.05) is 19.2 Å². The lowest BCUT2D eigenvalue weighted by Gasteiger charge is -2.25. The van der Waals surface area contributed by atoms with E-state index >= 15 is 0 Å². The molecule has 2 amide bonds. The zero-order valence-electron chi connectivity index (χ0n) is 21.2. The van der Waals surface area contributed by atoms with Gasteiger partial charge >= 0.3 is 6.03 Å². The Morgan fingerprint density at radius 3 is 2.26 bits per heavy atom. The van der Waals surface area contributed by atoms with Gasteiger partial charge in [-0.1, -0.05) is 44.7 Å². The number of rotatable bonds is 14. The summed E-state index contributed by atoms with van der Waals surface area (Å²) in [6.07, 6.45) is 5.60. The first-order chi connectivity index (χ1) is 16.3. The molecule has 0 unspecified atom stereocenters. The van der Waals surface area contributed by atoms with E-state index in [1.165, 1.54) is 19.3 Å². The monoisotopic (exact) mass is 472 g/mol. The van der Waals surface area contributed by atoms with Crippen LogP contribution in [0, 0.1) is 0 Å². The lowest BCUT2D eigenvalue weighted by atomic mass is 10.1. The van der Waals surface area contributed by atoms with Gasteiger partial charge in [-0.05, 0) is 50.1 Å². The van der Waals surface area contributed by atoms with Crippen LogP contribution in [0.2, 0.25) is 0 Å². The maximum absolute atomic E-state index is 13.2. The van der Waals surface area contributed by atoms with Crippen LogP contribution in [0.15, 0.2) is 42.5 Å². The molecule has 7 heteroatoms. The number of ether oxygens (including phenoxy) is 3. The van der Waals surface area contributed by atoms with Crippen molar-refractivity contribution in [1.29, 1.82) is 0 Å². The molecule has 0 atom stereocenters. The fourth-order valence-corrected chi connectivity index (χ4v) is 3.49. The first-order valence-electron chi connectivity index (χ1n) is 12.0. The lowest BCUT2D eigenvalue weighted by Crippen LogP contribution is -2.35. The minimum Gasteiger partial charge on any atom is -0.497 e. The van der Waals surface area contributed by atoms with E-state index in [0.717, 1.165) is 18.4 Å². The third-order valence-electron chi connectivity index (χ3n) is 5.54. The highest BCUT2D eigenvalue weighted by Gasteiger charge is 2.19. The van der Waals surface area contributed by atoms with Crippen molar-refractivity contribution in [2.24, 2.45) is 0 Å². The molecule has 34 heavy (non-hydrogen) atoms. The van der Waals surface area contributed by atoms with Crippen LogP contribution in [0.25, 0.3) is 0 Å². The maximum atomic E-state index is 13.2. The minimum atomic E-state index is -0.649. The van der Waals surface area contributed by atoms with E-state index in [0.29, 0.717) is 36.0 Å². The molecule has 0 aromatic heterocycles. The highest BCUT2D eigenvalue weighted by molar-refractivity contribution is 5.91. The van der Waals surface area contributed by atoms with Crippen molar-refractivity contribution >= 4 is 11.7 Å². The van der Waals surface area contributed by atoms with Crippen LogP contribution < -0.4 is 19.5 Å². The highest BCUT2D eigenvalue weighted by Crippen LogP contribution is 2.29. The number of methoxy groups -OCH3 is 2. The summed E-state index contributed by atoms with van der Waals surface area (Å²) >= 11 is 0. The van der Waals surface area contributed by atoms with Crippen molar-refractivity contribution in [1.82, 2.24) is 4.90 Å². The van der Waals surface area contributed by atoms with Gasteiger partial charge in [-0.15, -0.1) is 0 Å². The third kappa shape index (κ3) is 8.78. The number of urea groups is 1. The third-order valence-corrected chi connectivity index (χ3v) is 5.54. The van der Waals surface area contributed by atoms with Gasteiger partial charge in [0.05, 0.1) is 26.5 Å². The van der Waals surface area contributed by atoms with Crippen molar-refractivity contribution in [3.63, 3.8) is 0 Å². The quantitative estimate of drug-likeness (QED) is 0.337. The fourth-order valence-electron chi connectivity index (χ4n) is 3.49. The molecule has 0 aliphatic carbocycles. The molecule has 0 aliphatic heterocycles. The first kappa shape index (κ1) is 27.3. The van der Waals surface area contributed by atoms with E-state index < -0.39 is 5.60 Å². The van der Waals surface area contributed by atoms with Gasteiger partial charge in [-0.3, -0.25) is 0 Å². The molecule has 2 aromatic carbocycles. The van der Waals surface area contributed by atoms with Crippen LogP contribution in [0.3, 0.4) is 0 Å². The molecule has 188 valence electrons. The second-order valence-electron chi connectivity index (χ2n) is 9.00. The van der Waals surface area contributed by atoms with Crippen molar-refractivity contribution in [3.05, 3.63) is 48.0 Å². The summed E-state index contributed by atoms with van der Waals surface area (Å²) < 4.78 is 16.5. The molecule has 0 fully saturated rings. The summed E-state index contributed by atoms with van der Waals surface area (Å²) in [5.74, 6) is 1.89. The molecule has 0 aliphatic rings. The number of aliphatic hydroxyl groups excluding tert-OH is 1. The fraction of sp³-hybridized carbons (Fsp3) is 0.519. The topological polar surface area (TPSA) is 80.3 Å². The average molecular weight is 473 g/mol. The largest absolute Gasteiger partial charge is 0.497 e. The van der Waals surface area contributed by atoms with Gasteiger partial charge < -0.3 is 29.5 Å². The number of amides is 2. The van der Waals surface area contributed by atoms with Crippen LogP contribution in [-0.4, -0.2) is 49.0 Å². The Labute approximate surface area is 204 Å². The van der Waals surface area contributed by atoms with Gasteiger partial charge in [-0.25, -0.2) is 4.79 Å². The van der Waals surface area contributed by atoms with Gasteiger partial charge in [-0.2, -0.15) is 0 Å². The molecule has 0 heterocycles. The Morgan fingerprint density at radius 1 is 0.971 bits per heavy atom. The summed E-state index contributed by atoms with van der Waals surface area (Å²) in [7, 11) is 3.16. The summed E-state index contributed by atoms with van der Waals surface area (Å²) in [4.78, 5) is 15.1. The molecule has 2 N–H and O–H groups in total. The van der Waals surface area contributed by atoms with E-state index in [1.54, 1.807) is 32.4 Å². The summed E-state index contributed by atoms with van der Waals surface area (Å²) in [6, 6.07) is 12.8. The van der Waals surface area contributed by atoms with Crippen molar-refractivity contribution in [3.8, 4) is 17.2 Å². The predicted octanol–water partition coefficient (Wildman–Crippen LogP) is 5.86. The average Bonchev–Trinajstić information content (AvgIpc) is 2.84. The van der Waals surface area contributed by atoms with E-state index in [4.69, 9.17) is 14.2 Å². The SMILES string of the molecule is CCCCCCCN(Cc1ccc(OC(C)(C)CO)cc1)C(=O)Nc1ccc(OC)cc1OC. The number of benzene rings is 2. The van der Waals surface area contributed by atoms with Crippen molar-refractivity contribution < 1.29 is 24.1 Å². The normalized spacial score (nSPS) is 11.1. The predicted molar refractivity (Wildman–Crippen MR) is 136 cm³/mol. The Kier molecular flexibility index (Phi) is 11.0. The number of carbonyl (C=O) groups is 1. The first-order valence-corrected chi connectivity index (χ1v) is 12.0. The zero-order valence-corrected chi connectivity index (χ0v) is 21.2. The maximum Gasteiger partial charge on any atom is 0.322 e. The number of nitrogens with one attached hydrogen (secondary N) is 1. The standard InChI is InChI=1S/C27H40N2O5/c1-6-7-8-9-10-17-29(19-21-11-13-22(14-12-21)34-27(2,3)20-30)26(31)28-24-16-15-23(32-4)18-25(24)33-5/h11-16,18,30H,6-10,17,19-20H2,1-5H3,(H,28,31). The number of hydrogen-bond donors (Lipinski definition) is 2. The number of nitrogens with zero attached hydrogens (tertiary/aromatic N) is 1. The smallest absolute Gasteiger partial charge is 0.322 e. The van der Waals surface area contributed by atoms with Gasteiger partial charge in [0.25, 0.3) is 0 Å². The van der Waals surface area contributed by atoms with Crippen LogP contribution in [0.1, 0.15) is 58.4 Å². The molecular formula is C27H40N2O5. The van der Waals surface area contributed by atoms with E-state index in [2.05, 4.69) is 12.2 Å². The Bertz CT molecular complexity index is 883. The molecule has 7 nitrogen and oxygen atoms in total. The lowest BCUT2D eigenvalue weighted by molar-refractivity contribution is 0.0412. The van der Waals surface area contributed by atoms with Gasteiger partial charge in [0.2, 0.25) is 0 Å². The molecule has 0 saturated carbocycles. The van der Waals surface area contributed by atoms with Crippen molar-refractivity contribution in [2.75, 3.05) is 32.7 Å². The van der Waals surface area contributed by atoms with Crippen LogP contribution in [-0.2, 0) is 6.54 Å². The number of unbranched alkanes of at least 4 members (excludes halogenated alkanes) is 4. The molecule has 0 radical (unpaired) electrons. The number of hydrogen-bond acceptors (Lipinski definition) is 5. The van der Waals surface area contributed by atoms with E-state index in [9.17, 15) is 9.90 Å². The van der Waals surface area contributed by atoms with Crippen LogP contribution in [0.4, 0.5) is 10.5 Å². The summed E-state index contributed by atoms with van der Waals surface area (Å²) in [5.41, 5.74) is 0.947. The van der Waals surface area contributed by atoms with Crippen LogP contribution in [0.5, 0.6) is 17.2 Å². The second kappa shape index (κ2) is 13.7. The number of anilines is 1. The number of carbonyl (C=O) groups excluding carboxylic acids is 1. The van der Waals surface area contributed by atoms with Gasteiger partial charge in [0.1, 0.15) is 22.8 Å². The molecule has 0 saturated heterocycles. The van der Waals surface area contributed by atoms with E-state index in [1.807, 2.05) is 43.0 Å². The molecule has 0 bridgehead atoms. The number of aliphatic hydroxyl groups is 1. The molecule has 2 rings (SSSR count). The van der Waals surface area contributed by atoms with E-state index in [-0.39, 0.29) is 12.6 Å². The summed E-state index contributed by atoms with van der Waals surface area (Å²) in [6.45, 7) is 6.91. The van der Waals surface area contributed by atoms with Crippen LogP contribution >= 0.6 is 0 Å². The second-order valence-corrected chi connectivity index (χ2v) is 9.00. The molecular weight excluding hydrogens is 432 g/mol. The van der Waals surface area contributed by atoms with Gasteiger partial charge in [0.15, 0.2) is 0 Å². The minimum absolute atomic E-state index is 0.0739. The van der Waals surface area contributed by atoms with Crippen molar-refractivity contribution in [2.45, 2.75) is 65.0 Å². The highest BCUT2D eigenvalue weighted by atomic mass is 16.5. The Balaban J connectivity index is 2.11. The summed E-state index contributed by atoms with van der Waals surface area (Å²) in [5, 5.41) is 12.4. The molecule has 0 spiro atoms. The molecule has 2 aromatic rings. The zero-order chi connectivity index (χ0) is 25.0.